The summed E-state index contributed by atoms with van der Waals surface area (Å²) in [5.74, 6) is -0.0766. The molecule has 0 saturated heterocycles. The molecule has 0 aliphatic heterocycles. The van der Waals surface area contributed by atoms with Gasteiger partial charge in [0.15, 0.2) is 0 Å². The van der Waals surface area contributed by atoms with Gasteiger partial charge in [-0.3, -0.25) is 9.36 Å². The predicted octanol–water partition coefficient (Wildman–Crippen LogP) is 5.41. The zero-order chi connectivity index (χ0) is 27.8. The molecule has 1 aliphatic rings. The summed E-state index contributed by atoms with van der Waals surface area (Å²) in [7, 11) is 0. The van der Waals surface area contributed by atoms with Gasteiger partial charge in [0.25, 0.3) is 0 Å². The fourth-order valence-corrected chi connectivity index (χ4v) is 5.65. The first-order valence-corrected chi connectivity index (χ1v) is 14.0. The highest BCUT2D eigenvalue weighted by atomic mass is 16.1. The Balaban J connectivity index is 1.52. The highest BCUT2D eigenvalue weighted by Crippen LogP contribution is 2.30. The molecule has 0 unspecified atom stereocenters. The number of fused-ring (bicyclic) bond motifs is 2. The summed E-state index contributed by atoms with van der Waals surface area (Å²) in [6, 6.07) is 23.5. The molecule has 3 aromatic carbocycles. The number of imidazole rings is 1. The molecule has 2 aromatic heterocycles. The Morgan fingerprint density at radius 1 is 1.00 bits per heavy atom. The Kier molecular flexibility index (Phi) is 6.76. The summed E-state index contributed by atoms with van der Waals surface area (Å²) in [5, 5.41) is 6.63. The number of aromatic amines is 1. The number of aryl methyl sites for hydroxylation is 1. The fourth-order valence-electron chi connectivity index (χ4n) is 5.65. The van der Waals surface area contributed by atoms with Gasteiger partial charge in [-0.25, -0.2) is 4.99 Å². The molecule has 0 radical (unpaired) electrons. The van der Waals surface area contributed by atoms with Crippen LogP contribution in [0, 0.1) is 6.92 Å². The van der Waals surface area contributed by atoms with E-state index >= 15 is 0 Å². The highest BCUT2D eigenvalue weighted by Gasteiger charge is 2.15. The molecule has 0 spiro atoms. The molecule has 0 fully saturated rings. The van der Waals surface area contributed by atoms with Crippen LogP contribution >= 0.6 is 0 Å². The Labute approximate surface area is 234 Å². The van der Waals surface area contributed by atoms with Gasteiger partial charge in [-0.2, -0.15) is 0 Å². The first kappa shape index (κ1) is 25.7. The number of carbonyl (C=O) groups is 1. The number of rotatable bonds is 6. The van der Waals surface area contributed by atoms with Crippen LogP contribution in [-0.4, -0.2) is 26.1 Å². The summed E-state index contributed by atoms with van der Waals surface area (Å²) in [6.07, 6.45) is 8.72. The van der Waals surface area contributed by atoms with Crippen molar-refractivity contribution < 1.29 is 4.79 Å². The molecule has 40 heavy (non-hydrogen) atoms. The molecule has 1 amide bonds. The van der Waals surface area contributed by atoms with Gasteiger partial charge >= 0.3 is 0 Å². The Morgan fingerprint density at radius 2 is 1.77 bits per heavy atom. The van der Waals surface area contributed by atoms with E-state index in [2.05, 4.69) is 107 Å². The molecule has 6 rings (SSSR count). The van der Waals surface area contributed by atoms with E-state index in [1.807, 2.05) is 18.3 Å². The van der Waals surface area contributed by atoms with Gasteiger partial charge in [-0.05, 0) is 81.1 Å². The second-order valence-electron chi connectivity index (χ2n) is 10.8. The second kappa shape index (κ2) is 10.5. The number of nitrogens with one attached hydrogen (secondary N) is 2. The van der Waals surface area contributed by atoms with E-state index in [1.165, 1.54) is 21.6 Å². The van der Waals surface area contributed by atoms with E-state index in [9.17, 15) is 4.79 Å². The third-order valence-electron chi connectivity index (χ3n) is 7.39. The number of aromatic nitrogens is 3. The van der Waals surface area contributed by atoms with Gasteiger partial charge in [0, 0.05) is 47.0 Å². The largest absolute Gasteiger partial charge is 0.361 e. The molecule has 2 N–H and O–H groups in total. The predicted molar refractivity (Wildman–Crippen MR) is 164 cm³/mol. The number of anilines is 1. The number of carbonyl (C=O) groups excluding carboxylic acids is 1. The first-order valence-electron chi connectivity index (χ1n) is 14.0. The van der Waals surface area contributed by atoms with Crippen LogP contribution in [-0.2, 0) is 11.3 Å². The third-order valence-corrected chi connectivity index (χ3v) is 7.39. The molecule has 5 aromatic rings. The van der Waals surface area contributed by atoms with Crippen molar-refractivity contribution in [3.05, 3.63) is 100 Å². The quantitative estimate of drug-likeness (QED) is 0.304. The van der Waals surface area contributed by atoms with Crippen molar-refractivity contribution >= 4 is 34.6 Å². The van der Waals surface area contributed by atoms with E-state index in [4.69, 9.17) is 4.99 Å². The topological polar surface area (TPSA) is 67.1 Å². The fraction of sp³-hybridized carbons (Fsp3) is 0.235. The van der Waals surface area contributed by atoms with Gasteiger partial charge < -0.3 is 14.9 Å². The zero-order valence-electron chi connectivity index (χ0n) is 23.5. The minimum absolute atomic E-state index is 0.0766. The normalized spacial score (nSPS) is 13.3. The maximum Gasteiger partial charge on any atom is 0.221 e. The summed E-state index contributed by atoms with van der Waals surface area (Å²) >= 11 is 0. The van der Waals surface area contributed by atoms with Crippen molar-refractivity contribution in [2.24, 2.45) is 4.99 Å². The summed E-state index contributed by atoms with van der Waals surface area (Å²) < 4.78 is 4.67. The highest BCUT2D eigenvalue weighted by molar-refractivity contribution is 5.94. The number of nitrogens with zero attached hydrogens (tertiary/aromatic N) is 3. The van der Waals surface area contributed by atoms with Crippen molar-refractivity contribution in [1.29, 1.82) is 0 Å². The van der Waals surface area contributed by atoms with Crippen LogP contribution in [0.5, 0.6) is 0 Å². The Morgan fingerprint density at radius 3 is 2.52 bits per heavy atom. The van der Waals surface area contributed by atoms with Crippen molar-refractivity contribution in [3.63, 3.8) is 0 Å². The van der Waals surface area contributed by atoms with Crippen LogP contribution in [0.25, 0.3) is 39.9 Å². The SMILES string of the molecule is CC(=O)Nc1ccc(C)cc1-c1ccc(-n2c3c(n(Cc4cccc5[nH]ccc45)c2=NC(C)C)=CCCC=3)cc1. The molecule has 202 valence electrons. The lowest BCUT2D eigenvalue weighted by Gasteiger charge is -2.13. The first-order chi connectivity index (χ1) is 19.4. The van der Waals surface area contributed by atoms with Crippen molar-refractivity contribution in [1.82, 2.24) is 14.1 Å². The molecule has 6 nitrogen and oxygen atoms in total. The van der Waals surface area contributed by atoms with Crippen LogP contribution in [0.3, 0.4) is 0 Å². The molecule has 6 heteroatoms. The molecular formula is C34H35N5O. The molecule has 0 saturated carbocycles. The van der Waals surface area contributed by atoms with E-state index in [0.717, 1.165) is 58.6 Å². The van der Waals surface area contributed by atoms with Crippen LogP contribution < -0.4 is 21.6 Å². The average Bonchev–Trinajstić information content (AvgIpc) is 3.53. The van der Waals surface area contributed by atoms with Gasteiger partial charge in [0.2, 0.25) is 11.5 Å². The van der Waals surface area contributed by atoms with Crippen LogP contribution in [0.4, 0.5) is 5.69 Å². The average molecular weight is 530 g/mol. The number of H-pyrrole nitrogens is 1. The van der Waals surface area contributed by atoms with E-state index in [0.29, 0.717) is 0 Å². The number of hydrogen-bond acceptors (Lipinski definition) is 2. The molecular weight excluding hydrogens is 494 g/mol. The van der Waals surface area contributed by atoms with E-state index < -0.39 is 0 Å². The lowest BCUT2D eigenvalue weighted by molar-refractivity contribution is -0.114. The number of benzene rings is 3. The van der Waals surface area contributed by atoms with E-state index in [1.54, 1.807) is 6.92 Å². The third kappa shape index (κ3) is 4.81. The maximum absolute atomic E-state index is 11.8. The maximum atomic E-state index is 11.8. The van der Waals surface area contributed by atoms with Crippen LogP contribution in [0.2, 0.25) is 0 Å². The summed E-state index contributed by atoms with van der Waals surface area (Å²) in [4.78, 5) is 20.4. The monoisotopic (exact) mass is 529 g/mol. The van der Waals surface area contributed by atoms with Crippen LogP contribution in [0.15, 0.2) is 77.9 Å². The minimum Gasteiger partial charge on any atom is -0.361 e. The lowest BCUT2D eigenvalue weighted by Crippen LogP contribution is -2.34. The van der Waals surface area contributed by atoms with Gasteiger partial charge in [0.05, 0.1) is 17.2 Å². The second-order valence-corrected chi connectivity index (χ2v) is 10.8. The molecule has 0 bridgehead atoms. The number of amides is 1. The summed E-state index contributed by atoms with van der Waals surface area (Å²) in [5.41, 5.74) is 8.47. The standard InChI is InChI=1S/C34H35N5O/c1-22(2)36-34-38(21-26-8-7-9-30-28(26)18-19-35-30)32-10-5-6-11-33(32)39(34)27-15-13-25(14-16-27)29-20-23(3)12-17-31(29)37-24(4)40/h7-20,22,35H,5-6,21H2,1-4H3,(H,37,40). The molecule has 2 heterocycles. The summed E-state index contributed by atoms with van der Waals surface area (Å²) in [6.45, 7) is 8.61. The van der Waals surface area contributed by atoms with Gasteiger partial charge in [-0.15, -0.1) is 0 Å². The lowest BCUT2D eigenvalue weighted by atomic mass is 10.0. The van der Waals surface area contributed by atoms with Gasteiger partial charge in [0.1, 0.15) is 0 Å². The van der Waals surface area contributed by atoms with Crippen molar-refractivity contribution in [2.75, 3.05) is 5.32 Å². The van der Waals surface area contributed by atoms with Crippen molar-refractivity contribution in [3.8, 4) is 16.8 Å². The minimum atomic E-state index is -0.0766. The van der Waals surface area contributed by atoms with Crippen molar-refractivity contribution in [2.45, 2.75) is 53.1 Å². The molecule has 0 atom stereocenters. The Hall–Kier alpha value is -4.58. The Bertz CT molecular complexity index is 1920. The zero-order valence-corrected chi connectivity index (χ0v) is 23.5. The van der Waals surface area contributed by atoms with Crippen LogP contribution in [0.1, 0.15) is 44.7 Å². The smallest absolute Gasteiger partial charge is 0.221 e. The molecule has 1 aliphatic carbocycles. The van der Waals surface area contributed by atoms with Gasteiger partial charge in [-0.1, -0.05) is 48.0 Å². The number of hydrogen-bond donors (Lipinski definition) is 2. The van der Waals surface area contributed by atoms with E-state index in [-0.39, 0.29) is 11.9 Å².